The third kappa shape index (κ3) is 1.81. The molecule has 0 aliphatic heterocycles. The van der Waals surface area contributed by atoms with Crippen LogP contribution in [0.1, 0.15) is 30.4 Å². The molecule has 0 aliphatic carbocycles. The standard InChI is InChI=1S/C9H12N2O3/c1-6(2)11-5-4-10-7(8(11)12)9(13)14-3/h4-6H,1-3H3. The van der Waals surface area contributed by atoms with Crippen molar-refractivity contribution in [1.82, 2.24) is 9.55 Å². The van der Waals surface area contributed by atoms with E-state index in [4.69, 9.17) is 0 Å². The van der Waals surface area contributed by atoms with Crippen LogP contribution in [0, 0.1) is 0 Å². The van der Waals surface area contributed by atoms with Crippen LogP contribution in [0.2, 0.25) is 0 Å². The number of ether oxygens (including phenoxy) is 1. The second-order valence-corrected chi connectivity index (χ2v) is 3.07. The molecule has 0 aromatic carbocycles. The van der Waals surface area contributed by atoms with Crippen LogP contribution in [-0.4, -0.2) is 22.6 Å². The van der Waals surface area contributed by atoms with Gasteiger partial charge >= 0.3 is 5.97 Å². The Hall–Kier alpha value is -1.65. The minimum atomic E-state index is -0.704. The summed E-state index contributed by atoms with van der Waals surface area (Å²) in [6.07, 6.45) is 2.95. The highest BCUT2D eigenvalue weighted by molar-refractivity contribution is 5.86. The van der Waals surface area contributed by atoms with E-state index in [1.807, 2.05) is 13.8 Å². The lowest BCUT2D eigenvalue weighted by Crippen LogP contribution is -2.29. The number of nitrogens with zero attached hydrogens (tertiary/aromatic N) is 2. The number of rotatable bonds is 2. The Balaban J connectivity index is 3.28. The summed E-state index contributed by atoms with van der Waals surface area (Å²) in [5.74, 6) is -0.704. The number of aromatic nitrogens is 2. The zero-order valence-electron chi connectivity index (χ0n) is 8.35. The number of carbonyl (C=O) groups excluding carboxylic acids is 1. The van der Waals surface area contributed by atoms with E-state index >= 15 is 0 Å². The van der Waals surface area contributed by atoms with Crippen molar-refractivity contribution >= 4 is 5.97 Å². The zero-order valence-corrected chi connectivity index (χ0v) is 8.35. The van der Waals surface area contributed by atoms with Gasteiger partial charge in [0.1, 0.15) is 0 Å². The zero-order chi connectivity index (χ0) is 10.7. The van der Waals surface area contributed by atoms with Gasteiger partial charge in [-0.3, -0.25) is 4.79 Å². The Morgan fingerprint density at radius 2 is 2.21 bits per heavy atom. The lowest BCUT2D eigenvalue weighted by Gasteiger charge is -2.09. The van der Waals surface area contributed by atoms with Crippen LogP contribution in [0.4, 0.5) is 0 Å². The molecule has 0 saturated heterocycles. The molecule has 1 aromatic heterocycles. The highest BCUT2D eigenvalue weighted by atomic mass is 16.5. The molecule has 0 saturated carbocycles. The van der Waals surface area contributed by atoms with Crippen molar-refractivity contribution in [2.24, 2.45) is 0 Å². The fraction of sp³-hybridized carbons (Fsp3) is 0.444. The Kier molecular flexibility index (Phi) is 3.01. The summed E-state index contributed by atoms with van der Waals surface area (Å²) in [6.45, 7) is 3.70. The summed E-state index contributed by atoms with van der Waals surface area (Å²) in [4.78, 5) is 26.4. The molecule has 1 aromatic rings. The van der Waals surface area contributed by atoms with Crippen molar-refractivity contribution in [2.75, 3.05) is 7.11 Å². The monoisotopic (exact) mass is 196 g/mol. The Morgan fingerprint density at radius 1 is 1.57 bits per heavy atom. The first-order valence-electron chi connectivity index (χ1n) is 4.23. The van der Waals surface area contributed by atoms with E-state index in [0.29, 0.717) is 0 Å². The first-order valence-corrected chi connectivity index (χ1v) is 4.23. The minimum Gasteiger partial charge on any atom is -0.464 e. The van der Waals surface area contributed by atoms with E-state index in [9.17, 15) is 9.59 Å². The van der Waals surface area contributed by atoms with E-state index in [1.165, 1.54) is 17.9 Å². The Labute approximate surface area is 81.3 Å². The highest BCUT2D eigenvalue weighted by Crippen LogP contribution is 1.99. The van der Waals surface area contributed by atoms with Crippen molar-refractivity contribution in [3.05, 3.63) is 28.4 Å². The van der Waals surface area contributed by atoms with Crippen LogP contribution >= 0.6 is 0 Å². The molecule has 0 amide bonds. The first kappa shape index (κ1) is 10.4. The molecule has 0 fully saturated rings. The fourth-order valence-electron chi connectivity index (χ4n) is 1.07. The van der Waals surface area contributed by atoms with Gasteiger partial charge in [0.15, 0.2) is 0 Å². The molecule has 5 nitrogen and oxygen atoms in total. The van der Waals surface area contributed by atoms with Gasteiger partial charge in [-0.1, -0.05) is 0 Å². The van der Waals surface area contributed by atoms with Gasteiger partial charge in [0, 0.05) is 18.4 Å². The number of esters is 1. The molecular formula is C9H12N2O3. The molecule has 0 unspecified atom stereocenters. The molecule has 0 N–H and O–H groups in total. The van der Waals surface area contributed by atoms with Crippen LogP contribution in [0.3, 0.4) is 0 Å². The van der Waals surface area contributed by atoms with E-state index in [2.05, 4.69) is 9.72 Å². The molecule has 0 atom stereocenters. The number of carbonyl (C=O) groups is 1. The van der Waals surface area contributed by atoms with Crippen LogP contribution < -0.4 is 5.56 Å². The molecule has 0 aliphatic rings. The van der Waals surface area contributed by atoms with Gasteiger partial charge in [0.05, 0.1) is 7.11 Å². The Bertz CT molecular complexity index is 395. The predicted octanol–water partition coefficient (Wildman–Crippen LogP) is 0.611. The van der Waals surface area contributed by atoms with Gasteiger partial charge in [-0.05, 0) is 13.8 Å². The lowest BCUT2D eigenvalue weighted by molar-refractivity contribution is 0.0590. The number of hydrogen-bond donors (Lipinski definition) is 0. The van der Waals surface area contributed by atoms with E-state index in [-0.39, 0.29) is 11.7 Å². The van der Waals surface area contributed by atoms with Gasteiger partial charge in [-0.2, -0.15) is 0 Å². The van der Waals surface area contributed by atoms with Crippen LogP contribution in [0.5, 0.6) is 0 Å². The molecule has 1 rings (SSSR count). The molecule has 1 heterocycles. The smallest absolute Gasteiger partial charge is 0.362 e. The summed E-state index contributed by atoms with van der Waals surface area (Å²) in [5, 5.41) is 0. The summed E-state index contributed by atoms with van der Waals surface area (Å²) >= 11 is 0. The lowest BCUT2D eigenvalue weighted by atomic mass is 10.3. The average molecular weight is 196 g/mol. The number of methoxy groups -OCH3 is 1. The van der Waals surface area contributed by atoms with E-state index < -0.39 is 11.5 Å². The van der Waals surface area contributed by atoms with Gasteiger partial charge in [-0.25, -0.2) is 9.78 Å². The largest absolute Gasteiger partial charge is 0.464 e. The second-order valence-electron chi connectivity index (χ2n) is 3.07. The van der Waals surface area contributed by atoms with Crippen molar-refractivity contribution in [3.63, 3.8) is 0 Å². The van der Waals surface area contributed by atoms with Gasteiger partial charge < -0.3 is 9.30 Å². The second kappa shape index (κ2) is 4.04. The first-order chi connectivity index (χ1) is 6.57. The highest BCUT2D eigenvalue weighted by Gasteiger charge is 2.14. The average Bonchev–Trinajstić information content (AvgIpc) is 2.16. The van der Waals surface area contributed by atoms with Gasteiger partial charge in [0.25, 0.3) is 5.56 Å². The van der Waals surface area contributed by atoms with Gasteiger partial charge in [0.2, 0.25) is 5.69 Å². The molecule has 0 spiro atoms. The van der Waals surface area contributed by atoms with Crippen LogP contribution in [-0.2, 0) is 4.74 Å². The minimum absolute atomic E-state index is 0.00564. The molecule has 14 heavy (non-hydrogen) atoms. The van der Waals surface area contributed by atoms with Gasteiger partial charge in [-0.15, -0.1) is 0 Å². The molecule has 0 radical (unpaired) electrons. The topological polar surface area (TPSA) is 61.2 Å². The third-order valence-electron chi connectivity index (χ3n) is 1.80. The maximum Gasteiger partial charge on any atom is 0.362 e. The SMILES string of the molecule is COC(=O)c1nccn(C(C)C)c1=O. The normalized spacial score (nSPS) is 10.3. The van der Waals surface area contributed by atoms with E-state index in [0.717, 1.165) is 0 Å². The Morgan fingerprint density at radius 3 is 2.71 bits per heavy atom. The summed E-state index contributed by atoms with van der Waals surface area (Å²) in [5.41, 5.74) is -0.599. The molecular weight excluding hydrogens is 184 g/mol. The number of hydrogen-bond acceptors (Lipinski definition) is 4. The van der Waals surface area contributed by atoms with Crippen molar-refractivity contribution in [2.45, 2.75) is 19.9 Å². The van der Waals surface area contributed by atoms with Crippen molar-refractivity contribution in [1.29, 1.82) is 0 Å². The van der Waals surface area contributed by atoms with Crippen LogP contribution in [0.15, 0.2) is 17.2 Å². The van der Waals surface area contributed by atoms with Crippen molar-refractivity contribution < 1.29 is 9.53 Å². The molecule has 76 valence electrons. The fourth-order valence-corrected chi connectivity index (χ4v) is 1.07. The third-order valence-corrected chi connectivity index (χ3v) is 1.80. The van der Waals surface area contributed by atoms with E-state index in [1.54, 1.807) is 6.20 Å². The molecule has 0 bridgehead atoms. The summed E-state index contributed by atoms with van der Waals surface area (Å²) in [6, 6.07) is -0.00564. The predicted molar refractivity (Wildman–Crippen MR) is 50.2 cm³/mol. The van der Waals surface area contributed by atoms with Crippen molar-refractivity contribution in [3.8, 4) is 0 Å². The maximum absolute atomic E-state index is 11.6. The van der Waals surface area contributed by atoms with Crippen LogP contribution in [0.25, 0.3) is 0 Å². The maximum atomic E-state index is 11.6. The summed E-state index contributed by atoms with van der Waals surface area (Å²) in [7, 11) is 1.22. The molecule has 5 heteroatoms. The summed E-state index contributed by atoms with van der Waals surface area (Å²) < 4.78 is 5.87. The quantitative estimate of drug-likeness (QED) is 0.650.